The van der Waals surface area contributed by atoms with Crippen LogP contribution in [0.5, 0.6) is 0 Å². The van der Waals surface area contributed by atoms with Crippen molar-refractivity contribution in [3.05, 3.63) is 0 Å². The van der Waals surface area contributed by atoms with Gasteiger partial charge in [-0.25, -0.2) is 4.18 Å². The predicted molar refractivity (Wildman–Crippen MR) is 56.9 cm³/mol. The second kappa shape index (κ2) is 5.91. The zero-order chi connectivity index (χ0) is 13.9. The molecule has 4 unspecified atom stereocenters. The summed E-state index contributed by atoms with van der Waals surface area (Å²) in [7, 11) is -4.64. The number of hydrogen-bond acceptors (Lipinski definition) is 7. The molecule has 1 aliphatic heterocycles. The molecule has 1 fully saturated rings. The maximum absolute atomic E-state index is 10.8. The second-order valence-electron chi connectivity index (χ2n) is 3.87. The Bertz CT molecular complexity index is 396. The molecule has 9 nitrogen and oxygen atoms in total. The minimum absolute atomic E-state index is 0.114. The average molecular weight is 285 g/mol. The lowest BCUT2D eigenvalue weighted by Gasteiger charge is -2.37. The highest BCUT2D eigenvalue weighted by Gasteiger charge is 2.39. The number of amides is 1. The van der Waals surface area contributed by atoms with Gasteiger partial charge in [0.1, 0.15) is 18.3 Å². The predicted octanol–water partition coefficient (Wildman–Crippen LogP) is -2.57. The van der Waals surface area contributed by atoms with Gasteiger partial charge in [0.25, 0.3) is 0 Å². The first kappa shape index (κ1) is 15.3. The maximum Gasteiger partial charge on any atom is 0.397 e. The van der Waals surface area contributed by atoms with Crippen molar-refractivity contribution in [1.82, 2.24) is 5.32 Å². The van der Waals surface area contributed by atoms with Crippen LogP contribution in [0.4, 0.5) is 0 Å². The van der Waals surface area contributed by atoms with Gasteiger partial charge in [0, 0.05) is 6.92 Å². The van der Waals surface area contributed by atoms with Crippen LogP contribution in [0.25, 0.3) is 0 Å². The van der Waals surface area contributed by atoms with Crippen molar-refractivity contribution in [2.24, 2.45) is 0 Å². The molecule has 0 radical (unpaired) electrons. The fraction of sp³-hybridized carbons (Fsp3) is 0.875. The second-order valence-corrected chi connectivity index (χ2v) is 4.96. The van der Waals surface area contributed by atoms with E-state index in [2.05, 4.69) is 9.50 Å². The van der Waals surface area contributed by atoms with Crippen LogP contribution in [-0.4, -0.2) is 66.7 Å². The van der Waals surface area contributed by atoms with E-state index >= 15 is 0 Å². The molecule has 1 heterocycles. The van der Waals surface area contributed by atoms with E-state index in [-0.39, 0.29) is 6.61 Å². The van der Waals surface area contributed by atoms with Gasteiger partial charge in [-0.3, -0.25) is 9.35 Å². The summed E-state index contributed by atoms with van der Waals surface area (Å²) in [5.41, 5.74) is 0. The number of aliphatic hydroxyl groups excluding tert-OH is 2. The van der Waals surface area contributed by atoms with Crippen molar-refractivity contribution in [2.75, 3.05) is 13.2 Å². The first-order valence-electron chi connectivity index (χ1n) is 5.07. The van der Waals surface area contributed by atoms with Gasteiger partial charge in [0.15, 0.2) is 0 Å². The first-order chi connectivity index (χ1) is 8.20. The molecule has 0 bridgehead atoms. The Morgan fingerprint density at radius 2 is 2.06 bits per heavy atom. The molecular formula is C8H15NO8S. The summed E-state index contributed by atoms with van der Waals surface area (Å²) < 4.78 is 38.2. The molecule has 18 heavy (non-hydrogen) atoms. The molecule has 1 saturated heterocycles. The van der Waals surface area contributed by atoms with Crippen LogP contribution in [0.15, 0.2) is 0 Å². The van der Waals surface area contributed by atoms with Crippen molar-refractivity contribution in [2.45, 2.75) is 31.3 Å². The van der Waals surface area contributed by atoms with Crippen LogP contribution in [0.3, 0.4) is 0 Å². The van der Waals surface area contributed by atoms with Crippen LogP contribution in [0.2, 0.25) is 0 Å². The summed E-state index contributed by atoms with van der Waals surface area (Å²) in [5, 5.41) is 21.7. The minimum Gasteiger partial charge on any atom is -0.388 e. The van der Waals surface area contributed by atoms with Gasteiger partial charge in [-0.15, -0.1) is 0 Å². The zero-order valence-corrected chi connectivity index (χ0v) is 10.3. The van der Waals surface area contributed by atoms with Crippen molar-refractivity contribution >= 4 is 16.3 Å². The largest absolute Gasteiger partial charge is 0.397 e. The van der Waals surface area contributed by atoms with E-state index in [1.807, 2.05) is 0 Å². The third-order valence-corrected chi connectivity index (χ3v) is 2.84. The molecule has 1 aliphatic rings. The van der Waals surface area contributed by atoms with E-state index in [9.17, 15) is 23.4 Å². The highest BCUT2D eigenvalue weighted by molar-refractivity contribution is 7.80. The summed E-state index contributed by atoms with van der Waals surface area (Å²) in [4.78, 5) is 10.8. The maximum atomic E-state index is 10.8. The van der Waals surface area contributed by atoms with Crippen molar-refractivity contribution < 1.29 is 36.9 Å². The molecule has 10 heteroatoms. The Labute approximate surface area is 104 Å². The standard InChI is InChI=1S/C8H15NO8S/c1-4(10)9-5-2-16-6(8(12)7(5)11)3-17-18(13,14)15/h5-8,11-12H,2-3H2,1H3,(H,9,10)(H,13,14,15). The molecule has 0 aromatic carbocycles. The average Bonchev–Trinajstić information content (AvgIpc) is 2.22. The number of carbonyl (C=O) groups is 1. The van der Waals surface area contributed by atoms with Gasteiger partial charge < -0.3 is 20.3 Å². The van der Waals surface area contributed by atoms with Gasteiger partial charge in [-0.05, 0) is 0 Å². The zero-order valence-electron chi connectivity index (χ0n) is 9.51. The Morgan fingerprint density at radius 1 is 1.44 bits per heavy atom. The number of carbonyl (C=O) groups excluding carboxylic acids is 1. The summed E-state index contributed by atoms with van der Waals surface area (Å²) in [6.07, 6.45) is -3.89. The summed E-state index contributed by atoms with van der Waals surface area (Å²) in [5.74, 6) is -0.400. The monoisotopic (exact) mass is 285 g/mol. The van der Waals surface area contributed by atoms with Crippen molar-refractivity contribution in [3.8, 4) is 0 Å². The summed E-state index contributed by atoms with van der Waals surface area (Å²) >= 11 is 0. The first-order valence-corrected chi connectivity index (χ1v) is 6.44. The fourth-order valence-corrected chi connectivity index (χ4v) is 1.88. The van der Waals surface area contributed by atoms with Crippen LogP contribution >= 0.6 is 0 Å². The number of hydrogen-bond donors (Lipinski definition) is 4. The quantitative estimate of drug-likeness (QED) is 0.413. The Balaban J connectivity index is 2.55. The molecule has 0 spiro atoms. The molecule has 1 rings (SSSR count). The topological polar surface area (TPSA) is 142 Å². The third kappa shape index (κ3) is 4.48. The van der Waals surface area contributed by atoms with E-state index in [4.69, 9.17) is 9.29 Å². The molecule has 4 atom stereocenters. The molecule has 0 aromatic heterocycles. The van der Waals surface area contributed by atoms with E-state index in [0.717, 1.165) is 0 Å². The van der Waals surface area contributed by atoms with Crippen LogP contribution in [0, 0.1) is 0 Å². The van der Waals surface area contributed by atoms with Gasteiger partial charge in [-0.1, -0.05) is 0 Å². The van der Waals surface area contributed by atoms with Gasteiger partial charge in [0.05, 0.1) is 19.3 Å². The third-order valence-electron chi connectivity index (χ3n) is 2.40. The minimum atomic E-state index is -4.64. The van der Waals surface area contributed by atoms with E-state index < -0.39 is 47.3 Å². The molecule has 0 aromatic rings. The van der Waals surface area contributed by atoms with E-state index in [0.29, 0.717) is 0 Å². The smallest absolute Gasteiger partial charge is 0.388 e. The van der Waals surface area contributed by atoms with Crippen LogP contribution in [0.1, 0.15) is 6.92 Å². The van der Waals surface area contributed by atoms with E-state index in [1.54, 1.807) is 0 Å². The molecule has 0 saturated carbocycles. The SMILES string of the molecule is CC(=O)NC1COC(COS(=O)(=O)O)C(O)C1O. The molecule has 4 N–H and O–H groups in total. The number of ether oxygens (including phenoxy) is 1. The number of rotatable bonds is 4. The van der Waals surface area contributed by atoms with Gasteiger partial charge in [0.2, 0.25) is 5.91 Å². The molecule has 1 amide bonds. The lowest BCUT2D eigenvalue weighted by Crippen LogP contribution is -2.59. The summed E-state index contributed by atoms with van der Waals surface area (Å²) in [6, 6.07) is -0.792. The highest BCUT2D eigenvalue weighted by atomic mass is 32.3. The van der Waals surface area contributed by atoms with E-state index in [1.165, 1.54) is 6.92 Å². The highest BCUT2D eigenvalue weighted by Crippen LogP contribution is 2.16. The van der Waals surface area contributed by atoms with Crippen molar-refractivity contribution in [1.29, 1.82) is 0 Å². The Morgan fingerprint density at radius 3 is 2.56 bits per heavy atom. The molecule has 0 aliphatic carbocycles. The number of aliphatic hydroxyl groups is 2. The lowest BCUT2D eigenvalue weighted by atomic mass is 9.98. The van der Waals surface area contributed by atoms with Crippen LogP contribution in [-0.2, 0) is 24.1 Å². The number of nitrogens with one attached hydrogen (secondary N) is 1. The molecular weight excluding hydrogens is 270 g/mol. The van der Waals surface area contributed by atoms with Gasteiger partial charge in [-0.2, -0.15) is 8.42 Å². The Hall–Kier alpha value is -0.780. The van der Waals surface area contributed by atoms with Crippen LogP contribution < -0.4 is 5.32 Å². The lowest BCUT2D eigenvalue weighted by molar-refractivity contribution is -0.162. The normalized spacial score (nSPS) is 33.1. The fourth-order valence-electron chi connectivity index (χ4n) is 1.57. The summed E-state index contributed by atoms with van der Waals surface area (Å²) in [6.45, 7) is 0.494. The van der Waals surface area contributed by atoms with Crippen molar-refractivity contribution in [3.63, 3.8) is 0 Å². The van der Waals surface area contributed by atoms with Gasteiger partial charge >= 0.3 is 10.4 Å². The Kier molecular flexibility index (Phi) is 5.01. The molecule has 106 valence electrons.